The minimum Gasteiger partial charge on any atom is -0.366 e. The summed E-state index contributed by atoms with van der Waals surface area (Å²) in [6, 6.07) is 7.09. The third-order valence-electron chi connectivity index (χ3n) is 3.29. The van der Waals surface area contributed by atoms with Crippen LogP contribution in [-0.2, 0) is 6.42 Å². The number of anilines is 1. The van der Waals surface area contributed by atoms with Gasteiger partial charge in [-0.2, -0.15) is 0 Å². The zero-order valence-electron chi connectivity index (χ0n) is 7.91. The van der Waals surface area contributed by atoms with E-state index in [9.17, 15) is 0 Å². The molecule has 2 heterocycles. The molecule has 2 atom stereocenters. The van der Waals surface area contributed by atoms with Gasteiger partial charge in [-0.05, 0) is 30.5 Å². The molecule has 3 heteroatoms. The maximum atomic E-state index is 6.16. The molecule has 0 aliphatic carbocycles. The molecule has 2 N–H and O–H groups in total. The van der Waals surface area contributed by atoms with Crippen LogP contribution in [0.1, 0.15) is 12.0 Å². The lowest BCUT2D eigenvalue weighted by molar-refractivity contribution is 0.662. The second-order valence-corrected chi connectivity index (χ2v) is 4.65. The maximum absolute atomic E-state index is 6.16. The van der Waals surface area contributed by atoms with Crippen molar-refractivity contribution in [3.63, 3.8) is 0 Å². The standard InChI is InChI=1S/C11H13ClN2/c12-10-2-1-3-11-9(10)5-8-4-7(13)6-14(8)11/h1-3,7-8H,4-6,13H2. The van der Waals surface area contributed by atoms with Crippen molar-refractivity contribution in [1.29, 1.82) is 0 Å². The third kappa shape index (κ3) is 1.07. The van der Waals surface area contributed by atoms with E-state index in [0.717, 1.165) is 24.4 Å². The molecule has 2 aliphatic heterocycles. The monoisotopic (exact) mass is 208 g/mol. The van der Waals surface area contributed by atoms with E-state index in [2.05, 4.69) is 11.0 Å². The van der Waals surface area contributed by atoms with E-state index in [-0.39, 0.29) is 0 Å². The van der Waals surface area contributed by atoms with Gasteiger partial charge in [-0.15, -0.1) is 0 Å². The predicted octanol–water partition coefficient (Wildman–Crippen LogP) is 1.80. The van der Waals surface area contributed by atoms with Gasteiger partial charge in [0.15, 0.2) is 0 Å². The predicted molar refractivity (Wildman–Crippen MR) is 58.9 cm³/mol. The van der Waals surface area contributed by atoms with Crippen molar-refractivity contribution in [2.24, 2.45) is 5.73 Å². The normalized spacial score (nSPS) is 29.1. The van der Waals surface area contributed by atoms with Crippen LogP contribution in [0, 0.1) is 0 Å². The van der Waals surface area contributed by atoms with Crippen molar-refractivity contribution < 1.29 is 0 Å². The minimum absolute atomic E-state index is 0.340. The van der Waals surface area contributed by atoms with Crippen LogP contribution in [0.25, 0.3) is 0 Å². The van der Waals surface area contributed by atoms with Gasteiger partial charge in [0.2, 0.25) is 0 Å². The average Bonchev–Trinajstić information content (AvgIpc) is 2.63. The molecular formula is C11H13ClN2. The van der Waals surface area contributed by atoms with Crippen LogP contribution in [0.4, 0.5) is 5.69 Å². The smallest absolute Gasteiger partial charge is 0.0459 e. The first-order valence-corrected chi connectivity index (χ1v) is 5.43. The Morgan fingerprint density at radius 2 is 2.29 bits per heavy atom. The molecule has 2 unspecified atom stereocenters. The van der Waals surface area contributed by atoms with E-state index in [0.29, 0.717) is 12.1 Å². The van der Waals surface area contributed by atoms with Crippen molar-refractivity contribution in [2.75, 3.05) is 11.4 Å². The molecule has 14 heavy (non-hydrogen) atoms. The zero-order chi connectivity index (χ0) is 9.71. The minimum atomic E-state index is 0.340. The molecule has 0 bridgehead atoms. The molecule has 0 spiro atoms. The largest absolute Gasteiger partial charge is 0.366 e. The Hall–Kier alpha value is -0.730. The highest BCUT2D eigenvalue weighted by molar-refractivity contribution is 6.31. The summed E-state index contributed by atoms with van der Waals surface area (Å²) >= 11 is 6.16. The lowest BCUT2D eigenvalue weighted by Crippen LogP contribution is -2.27. The van der Waals surface area contributed by atoms with Gasteiger partial charge in [-0.3, -0.25) is 0 Å². The fourth-order valence-corrected chi connectivity index (χ4v) is 2.94. The summed E-state index contributed by atoms with van der Waals surface area (Å²) in [6.45, 7) is 0.984. The summed E-state index contributed by atoms with van der Waals surface area (Å²) in [5.74, 6) is 0. The molecule has 2 aliphatic rings. The SMILES string of the molecule is NC1CC2Cc3c(Cl)cccc3N2C1. The first-order chi connectivity index (χ1) is 6.75. The van der Waals surface area contributed by atoms with Gasteiger partial charge < -0.3 is 10.6 Å². The number of hydrogen-bond acceptors (Lipinski definition) is 2. The Morgan fingerprint density at radius 3 is 3.14 bits per heavy atom. The van der Waals surface area contributed by atoms with Crippen LogP contribution >= 0.6 is 11.6 Å². The van der Waals surface area contributed by atoms with Crippen molar-refractivity contribution in [3.8, 4) is 0 Å². The number of nitrogens with two attached hydrogens (primary N) is 1. The lowest BCUT2D eigenvalue weighted by atomic mass is 10.1. The van der Waals surface area contributed by atoms with Crippen LogP contribution in [-0.4, -0.2) is 18.6 Å². The molecule has 1 saturated heterocycles. The Morgan fingerprint density at radius 1 is 1.43 bits per heavy atom. The highest BCUT2D eigenvalue weighted by Crippen LogP contribution is 2.40. The van der Waals surface area contributed by atoms with Crippen LogP contribution in [0.5, 0.6) is 0 Å². The van der Waals surface area contributed by atoms with Crippen LogP contribution < -0.4 is 10.6 Å². The Labute approximate surface area is 88.6 Å². The molecule has 1 aromatic carbocycles. The van der Waals surface area contributed by atoms with Crippen LogP contribution in [0.2, 0.25) is 5.02 Å². The van der Waals surface area contributed by atoms with Gasteiger partial charge in [0.05, 0.1) is 0 Å². The van der Waals surface area contributed by atoms with E-state index in [1.165, 1.54) is 11.3 Å². The Bertz CT molecular complexity index is 378. The number of hydrogen-bond donors (Lipinski definition) is 1. The number of halogens is 1. The number of fused-ring (bicyclic) bond motifs is 3. The lowest BCUT2D eigenvalue weighted by Gasteiger charge is -2.18. The molecule has 3 rings (SSSR count). The van der Waals surface area contributed by atoms with Gasteiger partial charge in [-0.1, -0.05) is 17.7 Å². The Balaban J connectivity index is 2.05. The van der Waals surface area contributed by atoms with Crippen LogP contribution in [0.3, 0.4) is 0 Å². The summed E-state index contributed by atoms with van der Waals surface area (Å²) < 4.78 is 0. The van der Waals surface area contributed by atoms with E-state index in [4.69, 9.17) is 17.3 Å². The molecule has 74 valence electrons. The fourth-order valence-electron chi connectivity index (χ4n) is 2.70. The maximum Gasteiger partial charge on any atom is 0.0459 e. The third-order valence-corrected chi connectivity index (χ3v) is 3.64. The van der Waals surface area contributed by atoms with E-state index in [1.54, 1.807) is 0 Å². The fraction of sp³-hybridized carbons (Fsp3) is 0.455. The summed E-state index contributed by atoms with van der Waals surface area (Å²) in [5, 5.41) is 0.908. The van der Waals surface area contributed by atoms with Crippen molar-refractivity contribution in [3.05, 3.63) is 28.8 Å². The zero-order valence-corrected chi connectivity index (χ0v) is 8.67. The highest BCUT2D eigenvalue weighted by atomic mass is 35.5. The summed E-state index contributed by atoms with van der Waals surface area (Å²) in [5.41, 5.74) is 8.56. The molecule has 0 radical (unpaired) electrons. The van der Waals surface area contributed by atoms with Gasteiger partial charge in [0.1, 0.15) is 0 Å². The molecule has 0 saturated carbocycles. The molecule has 0 aromatic heterocycles. The van der Waals surface area contributed by atoms with Gasteiger partial charge in [0, 0.05) is 29.3 Å². The quantitative estimate of drug-likeness (QED) is 0.705. The second-order valence-electron chi connectivity index (χ2n) is 4.24. The summed E-state index contributed by atoms with van der Waals surface area (Å²) in [6.07, 6.45) is 2.17. The molecule has 2 nitrogen and oxygen atoms in total. The van der Waals surface area contributed by atoms with Gasteiger partial charge in [-0.25, -0.2) is 0 Å². The Kier molecular flexibility index (Phi) is 1.76. The van der Waals surface area contributed by atoms with Gasteiger partial charge in [0.25, 0.3) is 0 Å². The number of rotatable bonds is 0. The van der Waals surface area contributed by atoms with Crippen molar-refractivity contribution >= 4 is 17.3 Å². The molecule has 0 amide bonds. The van der Waals surface area contributed by atoms with Crippen molar-refractivity contribution in [1.82, 2.24) is 0 Å². The number of benzene rings is 1. The topological polar surface area (TPSA) is 29.3 Å². The van der Waals surface area contributed by atoms with E-state index < -0.39 is 0 Å². The summed E-state index contributed by atoms with van der Waals surface area (Å²) in [7, 11) is 0. The van der Waals surface area contributed by atoms with Crippen molar-refractivity contribution in [2.45, 2.75) is 24.9 Å². The highest BCUT2D eigenvalue weighted by Gasteiger charge is 2.37. The van der Waals surface area contributed by atoms with Crippen LogP contribution in [0.15, 0.2) is 18.2 Å². The molecular weight excluding hydrogens is 196 g/mol. The van der Waals surface area contributed by atoms with E-state index in [1.807, 2.05) is 12.1 Å². The average molecular weight is 209 g/mol. The summed E-state index contributed by atoms with van der Waals surface area (Å²) in [4.78, 5) is 2.41. The van der Waals surface area contributed by atoms with E-state index >= 15 is 0 Å². The van der Waals surface area contributed by atoms with Gasteiger partial charge >= 0.3 is 0 Å². The first kappa shape index (κ1) is 8.57. The second kappa shape index (κ2) is 2.88. The first-order valence-electron chi connectivity index (χ1n) is 5.05. The number of nitrogens with zero attached hydrogens (tertiary/aromatic N) is 1. The molecule has 1 aromatic rings. The molecule has 1 fully saturated rings.